The van der Waals surface area contributed by atoms with Crippen molar-refractivity contribution >= 4 is 15.9 Å². The van der Waals surface area contributed by atoms with E-state index in [0.717, 1.165) is 0 Å². The molecule has 5 nitrogen and oxygen atoms in total. The van der Waals surface area contributed by atoms with Crippen LogP contribution in [0.3, 0.4) is 0 Å². The van der Waals surface area contributed by atoms with Gasteiger partial charge in [0.1, 0.15) is 0 Å². The van der Waals surface area contributed by atoms with Crippen molar-refractivity contribution in [1.29, 1.82) is 0 Å². The first-order chi connectivity index (χ1) is 8.49. The highest BCUT2D eigenvalue weighted by Crippen LogP contribution is 2.54. The molecule has 0 spiro atoms. The van der Waals surface area contributed by atoms with Crippen molar-refractivity contribution < 1.29 is 18.0 Å². The van der Waals surface area contributed by atoms with Crippen LogP contribution in [0, 0.1) is 0 Å². The average molecular weight is 309 g/mol. The zero-order valence-electron chi connectivity index (χ0n) is 13.0. The lowest BCUT2D eigenvalue weighted by Gasteiger charge is -2.47. The molecular formula is C12H28NO4PSi. The van der Waals surface area contributed by atoms with Crippen molar-refractivity contribution in [2.45, 2.75) is 50.9 Å². The minimum atomic E-state index is -2.91. The molecule has 0 aromatic heterocycles. The normalized spacial score (nSPS) is 33.4. The van der Waals surface area contributed by atoms with Crippen LogP contribution in [0.5, 0.6) is 0 Å². The molecule has 0 aromatic carbocycles. The van der Waals surface area contributed by atoms with Gasteiger partial charge < -0.3 is 19.2 Å². The van der Waals surface area contributed by atoms with Gasteiger partial charge in [-0.2, -0.15) is 0 Å². The topological polar surface area (TPSA) is 70.8 Å². The first-order valence-electron chi connectivity index (χ1n) is 6.69. The third-order valence-corrected chi connectivity index (χ3v) is 10.7. The van der Waals surface area contributed by atoms with Crippen molar-refractivity contribution in [1.82, 2.24) is 0 Å². The van der Waals surface area contributed by atoms with E-state index in [0.29, 0.717) is 19.1 Å². The fraction of sp³-hybridized carbons (Fsp3) is 1.00. The predicted octanol–water partition coefficient (Wildman–Crippen LogP) is 2.97. The Morgan fingerprint density at radius 1 is 1.42 bits per heavy atom. The molecule has 1 aliphatic rings. The van der Waals surface area contributed by atoms with Gasteiger partial charge in [0, 0.05) is 13.7 Å². The van der Waals surface area contributed by atoms with Crippen LogP contribution in [-0.2, 0) is 18.0 Å². The van der Waals surface area contributed by atoms with E-state index >= 15 is 0 Å². The van der Waals surface area contributed by atoms with Crippen LogP contribution < -0.4 is 5.73 Å². The summed E-state index contributed by atoms with van der Waals surface area (Å²) in [6.45, 7) is 11.6. The molecule has 114 valence electrons. The van der Waals surface area contributed by atoms with E-state index < -0.39 is 21.5 Å². The lowest BCUT2D eigenvalue weighted by Crippen LogP contribution is -2.56. The molecule has 1 rings (SSSR count). The Kier molecular flexibility index (Phi) is 5.09. The summed E-state index contributed by atoms with van der Waals surface area (Å²) in [7, 11) is -3.42. The third kappa shape index (κ3) is 3.90. The van der Waals surface area contributed by atoms with Gasteiger partial charge in [0.25, 0.3) is 0 Å². The first kappa shape index (κ1) is 17.3. The summed E-state index contributed by atoms with van der Waals surface area (Å²) in [4.78, 5) is 0. The monoisotopic (exact) mass is 309 g/mol. The summed E-state index contributed by atoms with van der Waals surface area (Å²) >= 11 is 0. The van der Waals surface area contributed by atoms with Gasteiger partial charge in [-0.15, -0.1) is 0 Å². The van der Waals surface area contributed by atoms with Crippen molar-refractivity contribution in [3.63, 3.8) is 0 Å². The minimum absolute atomic E-state index is 0.109. The maximum atomic E-state index is 12.0. The molecule has 2 N–H and O–H groups in total. The summed E-state index contributed by atoms with van der Waals surface area (Å²) < 4.78 is 28.9. The zero-order chi connectivity index (χ0) is 14.9. The number of hydrogen-bond acceptors (Lipinski definition) is 5. The molecule has 1 heterocycles. The lowest BCUT2D eigenvalue weighted by atomic mass is 10.0. The van der Waals surface area contributed by atoms with Gasteiger partial charge in [0.05, 0.1) is 18.4 Å². The van der Waals surface area contributed by atoms with E-state index in [2.05, 4.69) is 33.9 Å². The summed E-state index contributed by atoms with van der Waals surface area (Å²) in [5.74, 6) is 0. The van der Waals surface area contributed by atoms with Crippen LogP contribution >= 0.6 is 7.60 Å². The van der Waals surface area contributed by atoms with Crippen LogP contribution in [0.2, 0.25) is 18.1 Å². The zero-order valence-corrected chi connectivity index (χ0v) is 14.9. The van der Waals surface area contributed by atoms with Gasteiger partial charge >= 0.3 is 7.60 Å². The van der Waals surface area contributed by atoms with Crippen molar-refractivity contribution in [3.8, 4) is 0 Å². The molecule has 0 radical (unpaired) electrons. The second-order valence-electron chi connectivity index (χ2n) is 6.79. The molecule has 2 atom stereocenters. The second-order valence-corrected chi connectivity index (χ2v) is 13.8. The Morgan fingerprint density at radius 2 is 2.00 bits per heavy atom. The van der Waals surface area contributed by atoms with Crippen LogP contribution in [0.15, 0.2) is 0 Å². The molecule has 0 amide bonds. The first-order valence-corrected chi connectivity index (χ1v) is 11.3. The highest BCUT2D eigenvalue weighted by molar-refractivity contribution is 7.53. The molecule has 0 saturated carbocycles. The summed E-state index contributed by atoms with van der Waals surface area (Å²) in [6.07, 6.45) is 0.996. The van der Waals surface area contributed by atoms with E-state index in [1.807, 2.05) is 0 Å². The molecule has 1 saturated heterocycles. The summed E-state index contributed by atoms with van der Waals surface area (Å²) in [6, 6.07) is 0. The van der Waals surface area contributed by atoms with Crippen molar-refractivity contribution in [3.05, 3.63) is 0 Å². The summed E-state index contributed by atoms with van der Waals surface area (Å²) in [5.41, 5.74) is 5.39. The van der Waals surface area contributed by atoms with Gasteiger partial charge in [0.15, 0.2) is 8.32 Å². The van der Waals surface area contributed by atoms with E-state index in [1.165, 1.54) is 7.11 Å². The van der Waals surface area contributed by atoms with Gasteiger partial charge in [0.2, 0.25) is 0 Å². The van der Waals surface area contributed by atoms with E-state index in [9.17, 15) is 4.57 Å². The molecule has 0 bridgehead atoms. The molecule has 19 heavy (non-hydrogen) atoms. The molecule has 2 unspecified atom stereocenters. The van der Waals surface area contributed by atoms with Gasteiger partial charge in [-0.25, -0.2) is 0 Å². The fourth-order valence-electron chi connectivity index (χ4n) is 1.81. The second kappa shape index (κ2) is 5.58. The number of rotatable bonds is 4. The molecule has 7 heteroatoms. The lowest BCUT2D eigenvalue weighted by molar-refractivity contribution is -0.00740. The minimum Gasteiger partial charge on any atom is -0.408 e. The van der Waals surface area contributed by atoms with Crippen LogP contribution in [-0.4, -0.2) is 40.3 Å². The summed E-state index contributed by atoms with van der Waals surface area (Å²) in [5, 5.41) is 0.109. The van der Waals surface area contributed by atoms with E-state index in [1.54, 1.807) is 0 Å². The highest BCUT2D eigenvalue weighted by Gasteiger charge is 2.48. The fourth-order valence-corrected chi connectivity index (χ4v) is 4.98. The quantitative estimate of drug-likeness (QED) is 0.638. The Hall–Kier alpha value is 0.287. The molecule has 1 aliphatic heterocycles. The van der Waals surface area contributed by atoms with E-state index in [4.69, 9.17) is 19.2 Å². The maximum Gasteiger partial charge on any atom is 0.330 e. The standard InChI is InChI=1S/C12H28NO4PSi/c1-11(2,3)19(5,6)17-12(9-13)7-8-18(14,15-4)16-10-12/h7-10,13H2,1-6H3. The van der Waals surface area contributed by atoms with E-state index in [-0.39, 0.29) is 11.6 Å². The third-order valence-electron chi connectivity index (χ3n) is 4.29. The Bertz CT molecular complexity index is 355. The van der Waals surface area contributed by atoms with Crippen LogP contribution in [0.25, 0.3) is 0 Å². The van der Waals surface area contributed by atoms with Crippen LogP contribution in [0.4, 0.5) is 0 Å². The largest absolute Gasteiger partial charge is 0.408 e. The van der Waals surface area contributed by atoms with Gasteiger partial charge in [-0.05, 0) is 24.6 Å². The smallest absolute Gasteiger partial charge is 0.330 e. The predicted molar refractivity (Wildman–Crippen MR) is 80.1 cm³/mol. The van der Waals surface area contributed by atoms with Gasteiger partial charge in [-0.1, -0.05) is 20.8 Å². The van der Waals surface area contributed by atoms with Crippen LogP contribution in [0.1, 0.15) is 27.2 Å². The molecule has 0 aliphatic carbocycles. The van der Waals surface area contributed by atoms with Gasteiger partial charge in [-0.3, -0.25) is 4.57 Å². The number of hydrogen-bond donors (Lipinski definition) is 1. The average Bonchev–Trinajstić information content (AvgIpc) is 2.31. The SMILES string of the molecule is COP1(=O)CCC(CN)(O[Si](C)(C)C(C)(C)C)CO1. The number of nitrogens with two attached hydrogens (primary N) is 1. The van der Waals surface area contributed by atoms with Crippen molar-refractivity contribution in [2.75, 3.05) is 26.4 Å². The Labute approximate surface area is 117 Å². The molecular weight excluding hydrogens is 281 g/mol. The molecule has 0 aromatic rings. The Morgan fingerprint density at radius 3 is 2.32 bits per heavy atom. The maximum absolute atomic E-state index is 12.0. The Balaban J connectivity index is 2.83. The highest BCUT2D eigenvalue weighted by atomic mass is 31.2. The van der Waals surface area contributed by atoms with Crippen molar-refractivity contribution in [2.24, 2.45) is 5.73 Å². The molecule has 1 fully saturated rings.